The molecule has 0 saturated heterocycles. The van der Waals surface area contributed by atoms with Crippen molar-refractivity contribution in [3.63, 3.8) is 0 Å². The maximum Gasteiger partial charge on any atom is 0.144 e. The quantitative estimate of drug-likeness (QED) is 0.668. The number of halogens is 1. The van der Waals surface area contributed by atoms with Crippen molar-refractivity contribution in [2.45, 2.75) is 4.90 Å². The van der Waals surface area contributed by atoms with E-state index in [1.54, 1.807) is 0 Å². The van der Waals surface area contributed by atoms with Crippen molar-refractivity contribution in [3.8, 4) is 5.75 Å². The van der Waals surface area contributed by atoms with Gasteiger partial charge in [0.05, 0.1) is 12.0 Å². The molecule has 0 radical (unpaired) electrons. The molecule has 0 fully saturated rings. The first-order valence-corrected chi connectivity index (χ1v) is 4.65. The van der Waals surface area contributed by atoms with Crippen LogP contribution in [-0.2, 0) is 10.1 Å². The van der Waals surface area contributed by atoms with Crippen LogP contribution in [0.1, 0.15) is 0 Å². The van der Waals surface area contributed by atoms with Gasteiger partial charge in [-0.25, -0.2) is 12.8 Å². The van der Waals surface area contributed by atoms with Crippen LogP contribution in [0, 0.1) is 5.82 Å². The Labute approximate surface area is 74.7 Å². The van der Waals surface area contributed by atoms with E-state index >= 15 is 0 Å². The summed E-state index contributed by atoms with van der Waals surface area (Å²) in [5.41, 5.74) is 0. The number of hydrogen-bond acceptors (Lipinski definition) is 4. The molecule has 1 aromatic rings. The smallest absolute Gasteiger partial charge is 0.144 e. The number of rotatable bonds is 2. The lowest BCUT2D eigenvalue weighted by Crippen LogP contribution is -2.01. The van der Waals surface area contributed by atoms with Crippen LogP contribution in [0.25, 0.3) is 0 Å². The highest BCUT2D eigenvalue weighted by Gasteiger charge is 2.09. The maximum absolute atomic E-state index is 12.9. The van der Waals surface area contributed by atoms with Gasteiger partial charge in [-0.2, -0.15) is 0 Å². The van der Waals surface area contributed by atoms with Gasteiger partial charge in [-0.05, 0) is 12.1 Å². The van der Waals surface area contributed by atoms with E-state index in [1.165, 1.54) is 13.2 Å². The summed E-state index contributed by atoms with van der Waals surface area (Å²) >= 11 is 0. The van der Waals surface area contributed by atoms with E-state index in [0.29, 0.717) is 0 Å². The second kappa shape index (κ2) is 3.31. The first-order valence-electron chi connectivity index (χ1n) is 3.24. The standard InChI is InChI=1S/C7H7FO4S/c1-12-5-2-3-7(6(8)4-5)13(9,10)11/h2-4H,1H3,(H,9,10,11)/p-1. The second-order valence-electron chi connectivity index (χ2n) is 2.25. The summed E-state index contributed by atoms with van der Waals surface area (Å²) in [6, 6.07) is 2.91. The zero-order valence-corrected chi connectivity index (χ0v) is 7.47. The normalized spacial score (nSPS) is 11.3. The third kappa shape index (κ3) is 2.16. The second-order valence-corrected chi connectivity index (χ2v) is 3.60. The number of benzene rings is 1. The number of ether oxygens (including phenoxy) is 1. The van der Waals surface area contributed by atoms with Crippen LogP contribution in [-0.4, -0.2) is 20.1 Å². The van der Waals surface area contributed by atoms with Crippen LogP contribution in [0.2, 0.25) is 0 Å². The molecule has 1 rings (SSSR count). The van der Waals surface area contributed by atoms with Crippen LogP contribution in [0.3, 0.4) is 0 Å². The third-order valence-corrected chi connectivity index (χ3v) is 2.28. The summed E-state index contributed by atoms with van der Waals surface area (Å²) in [6.07, 6.45) is 0. The van der Waals surface area contributed by atoms with Crippen LogP contribution < -0.4 is 4.74 Å². The highest BCUT2D eigenvalue weighted by molar-refractivity contribution is 7.85. The first-order chi connectivity index (χ1) is 5.95. The van der Waals surface area contributed by atoms with E-state index in [4.69, 9.17) is 0 Å². The van der Waals surface area contributed by atoms with Gasteiger partial charge >= 0.3 is 0 Å². The predicted octanol–water partition coefficient (Wildman–Crippen LogP) is 0.738. The Kier molecular flexibility index (Phi) is 2.53. The third-order valence-electron chi connectivity index (χ3n) is 1.41. The molecule has 0 aliphatic heterocycles. The topological polar surface area (TPSA) is 66.4 Å². The molecule has 13 heavy (non-hydrogen) atoms. The van der Waals surface area contributed by atoms with Gasteiger partial charge in [-0.1, -0.05) is 0 Å². The summed E-state index contributed by atoms with van der Waals surface area (Å²) < 4.78 is 48.8. The molecule has 0 N–H and O–H groups in total. The molecule has 72 valence electrons. The molecule has 6 heteroatoms. The van der Waals surface area contributed by atoms with Gasteiger partial charge in [0.2, 0.25) is 0 Å². The lowest BCUT2D eigenvalue weighted by atomic mass is 10.3. The fourth-order valence-electron chi connectivity index (χ4n) is 0.811. The van der Waals surface area contributed by atoms with Crippen LogP contribution >= 0.6 is 0 Å². The average Bonchev–Trinajstić information content (AvgIpc) is 2.01. The van der Waals surface area contributed by atoms with E-state index in [0.717, 1.165) is 12.1 Å². The van der Waals surface area contributed by atoms with Gasteiger partial charge in [0.1, 0.15) is 21.7 Å². The van der Waals surface area contributed by atoms with Crippen LogP contribution in [0.4, 0.5) is 4.39 Å². The molecule has 0 atom stereocenters. The number of methoxy groups -OCH3 is 1. The molecule has 0 aromatic heterocycles. The molecule has 4 nitrogen and oxygen atoms in total. The van der Waals surface area contributed by atoms with E-state index in [-0.39, 0.29) is 5.75 Å². The highest BCUT2D eigenvalue weighted by atomic mass is 32.2. The number of hydrogen-bond donors (Lipinski definition) is 0. The van der Waals surface area contributed by atoms with Crippen LogP contribution in [0.5, 0.6) is 5.75 Å². The molecule has 0 aliphatic rings. The fourth-order valence-corrected chi connectivity index (χ4v) is 1.34. The summed E-state index contributed by atoms with van der Waals surface area (Å²) in [5, 5.41) is 0. The van der Waals surface area contributed by atoms with Crippen molar-refractivity contribution >= 4 is 10.1 Å². The minimum Gasteiger partial charge on any atom is -0.744 e. The zero-order valence-electron chi connectivity index (χ0n) is 6.65. The fraction of sp³-hybridized carbons (Fsp3) is 0.143. The van der Waals surface area contributed by atoms with Crippen molar-refractivity contribution in [2.24, 2.45) is 0 Å². The first kappa shape index (κ1) is 9.94. The van der Waals surface area contributed by atoms with Crippen molar-refractivity contribution in [1.82, 2.24) is 0 Å². The van der Waals surface area contributed by atoms with Gasteiger partial charge < -0.3 is 9.29 Å². The van der Waals surface area contributed by atoms with Crippen molar-refractivity contribution < 1.29 is 22.1 Å². The monoisotopic (exact) mass is 205 g/mol. The molecule has 0 unspecified atom stereocenters. The highest BCUT2D eigenvalue weighted by Crippen LogP contribution is 2.19. The summed E-state index contributed by atoms with van der Waals surface area (Å²) in [4.78, 5) is -0.867. The van der Waals surface area contributed by atoms with E-state index in [1.807, 2.05) is 0 Å². The van der Waals surface area contributed by atoms with Crippen molar-refractivity contribution in [3.05, 3.63) is 24.0 Å². The Balaban J connectivity index is 3.29. The summed E-state index contributed by atoms with van der Waals surface area (Å²) in [7, 11) is -3.43. The summed E-state index contributed by atoms with van der Waals surface area (Å²) in [5.74, 6) is -0.945. The minimum absolute atomic E-state index is 0.157. The maximum atomic E-state index is 12.9. The van der Waals surface area contributed by atoms with Gasteiger partial charge in [0, 0.05) is 6.07 Å². The Hall–Kier alpha value is -1.14. The molecule has 1 aromatic carbocycles. The molecular weight excluding hydrogens is 199 g/mol. The van der Waals surface area contributed by atoms with Gasteiger partial charge in [-0.15, -0.1) is 0 Å². The summed E-state index contributed by atoms with van der Waals surface area (Å²) in [6.45, 7) is 0. The Morgan fingerprint density at radius 3 is 2.46 bits per heavy atom. The van der Waals surface area contributed by atoms with Gasteiger partial charge in [-0.3, -0.25) is 0 Å². The molecule has 0 spiro atoms. The van der Waals surface area contributed by atoms with Crippen molar-refractivity contribution in [1.29, 1.82) is 0 Å². The SMILES string of the molecule is COc1ccc(S(=O)(=O)[O-])c(F)c1. The van der Waals surface area contributed by atoms with Gasteiger partial charge in [0.25, 0.3) is 0 Å². The Morgan fingerprint density at radius 2 is 2.08 bits per heavy atom. The molecule has 0 saturated carbocycles. The van der Waals surface area contributed by atoms with E-state index in [2.05, 4.69) is 4.74 Å². The Morgan fingerprint density at radius 1 is 1.46 bits per heavy atom. The van der Waals surface area contributed by atoms with Gasteiger partial charge in [0.15, 0.2) is 0 Å². The van der Waals surface area contributed by atoms with Crippen LogP contribution in [0.15, 0.2) is 23.1 Å². The molecule has 0 amide bonds. The molecule has 0 aliphatic carbocycles. The zero-order chi connectivity index (χ0) is 10.1. The average molecular weight is 205 g/mol. The Bertz CT molecular complexity index is 413. The van der Waals surface area contributed by atoms with E-state index in [9.17, 15) is 17.4 Å². The largest absolute Gasteiger partial charge is 0.744 e. The molecule has 0 bridgehead atoms. The van der Waals surface area contributed by atoms with Crippen molar-refractivity contribution in [2.75, 3.05) is 7.11 Å². The van der Waals surface area contributed by atoms with E-state index < -0.39 is 20.8 Å². The lowest BCUT2D eigenvalue weighted by Gasteiger charge is -2.08. The predicted molar refractivity (Wildman–Crippen MR) is 40.9 cm³/mol. The lowest BCUT2D eigenvalue weighted by molar-refractivity contribution is 0.408. The minimum atomic E-state index is -4.74. The molecular formula is C7H6FO4S-. The molecule has 0 heterocycles.